The fraction of sp³-hybridized carbons (Fsp3) is 0.417. The number of methoxy groups -OCH3 is 1. The van der Waals surface area contributed by atoms with Crippen LogP contribution in [0.1, 0.15) is 26.5 Å². The number of nitrogens with one attached hydrogen (secondary N) is 1. The number of hydrogen-bond donors (Lipinski definition) is 1. The van der Waals surface area contributed by atoms with Crippen LogP contribution in [-0.2, 0) is 4.74 Å². The van der Waals surface area contributed by atoms with Crippen LogP contribution in [0.3, 0.4) is 0 Å². The summed E-state index contributed by atoms with van der Waals surface area (Å²) in [5, 5.41) is 11.3. The Morgan fingerprint density at radius 3 is 2.61 bits per heavy atom. The summed E-state index contributed by atoms with van der Waals surface area (Å²) in [5.74, 6) is 0.592. The lowest BCUT2D eigenvalue weighted by Gasteiger charge is -2.19. The predicted octanol–water partition coefficient (Wildman–Crippen LogP) is 2.31. The van der Waals surface area contributed by atoms with Crippen molar-refractivity contribution in [2.45, 2.75) is 26.4 Å². The molecule has 18 heavy (non-hydrogen) atoms. The van der Waals surface area contributed by atoms with Crippen molar-refractivity contribution in [3.8, 4) is 11.8 Å². The lowest BCUT2D eigenvalue weighted by atomic mass is 10.2. The van der Waals surface area contributed by atoms with Gasteiger partial charge in [-0.3, -0.25) is 5.32 Å². The number of rotatable bonds is 2. The third-order valence-corrected chi connectivity index (χ3v) is 1.81. The van der Waals surface area contributed by atoms with Crippen molar-refractivity contribution in [2.75, 3.05) is 12.4 Å². The zero-order chi connectivity index (χ0) is 13.8. The molecule has 0 fully saturated rings. The van der Waals surface area contributed by atoms with Gasteiger partial charge in [0.25, 0.3) is 0 Å². The molecule has 0 saturated carbocycles. The lowest BCUT2D eigenvalue weighted by molar-refractivity contribution is 0.0635. The van der Waals surface area contributed by atoms with Gasteiger partial charge >= 0.3 is 6.09 Å². The minimum absolute atomic E-state index is 0.103. The minimum Gasteiger partial charge on any atom is -0.494 e. The monoisotopic (exact) mass is 249 g/mol. The van der Waals surface area contributed by atoms with Crippen molar-refractivity contribution in [3.63, 3.8) is 0 Å². The lowest BCUT2D eigenvalue weighted by Crippen LogP contribution is -2.27. The summed E-state index contributed by atoms with van der Waals surface area (Å²) >= 11 is 0. The van der Waals surface area contributed by atoms with E-state index >= 15 is 0 Å². The average Bonchev–Trinajstić information content (AvgIpc) is 2.26. The molecule has 0 aromatic carbocycles. The van der Waals surface area contributed by atoms with Crippen molar-refractivity contribution in [1.82, 2.24) is 4.98 Å². The standard InChI is InChI=1S/C12H15N3O3/c1-12(2,3)18-11(16)15-10-6-5-9(17-4)8(7-13)14-10/h5-6H,1-4H3,(H,14,15,16). The van der Waals surface area contributed by atoms with E-state index in [9.17, 15) is 4.79 Å². The highest BCUT2D eigenvalue weighted by Gasteiger charge is 2.17. The highest BCUT2D eigenvalue weighted by Crippen LogP contribution is 2.18. The topological polar surface area (TPSA) is 84.2 Å². The smallest absolute Gasteiger partial charge is 0.413 e. The molecule has 1 heterocycles. The summed E-state index contributed by atoms with van der Waals surface area (Å²) in [6.45, 7) is 5.28. The van der Waals surface area contributed by atoms with Gasteiger partial charge in [0.05, 0.1) is 7.11 Å². The van der Waals surface area contributed by atoms with E-state index in [1.807, 2.05) is 6.07 Å². The maximum absolute atomic E-state index is 11.5. The second kappa shape index (κ2) is 5.36. The van der Waals surface area contributed by atoms with Crippen LogP contribution in [0.5, 0.6) is 5.75 Å². The van der Waals surface area contributed by atoms with E-state index in [0.717, 1.165) is 0 Å². The van der Waals surface area contributed by atoms with Crippen LogP contribution >= 0.6 is 0 Å². The molecule has 0 saturated heterocycles. The summed E-state index contributed by atoms with van der Waals surface area (Å²) < 4.78 is 10.0. The second-order valence-corrected chi connectivity index (χ2v) is 4.49. The van der Waals surface area contributed by atoms with Gasteiger partial charge < -0.3 is 9.47 Å². The van der Waals surface area contributed by atoms with Crippen molar-refractivity contribution < 1.29 is 14.3 Å². The number of amides is 1. The minimum atomic E-state index is -0.621. The van der Waals surface area contributed by atoms with Crippen molar-refractivity contribution in [3.05, 3.63) is 17.8 Å². The third-order valence-electron chi connectivity index (χ3n) is 1.81. The predicted molar refractivity (Wildman–Crippen MR) is 65.4 cm³/mol. The molecule has 0 spiro atoms. The molecule has 6 heteroatoms. The van der Waals surface area contributed by atoms with Crippen LogP contribution in [0, 0.1) is 11.3 Å². The number of pyridine rings is 1. The number of aromatic nitrogens is 1. The Kier molecular flexibility index (Phi) is 4.10. The number of carbonyl (C=O) groups excluding carboxylic acids is 1. The number of anilines is 1. The molecule has 96 valence electrons. The maximum atomic E-state index is 11.5. The number of nitrogens with zero attached hydrogens (tertiary/aromatic N) is 2. The molecule has 0 atom stereocenters. The van der Waals surface area contributed by atoms with E-state index in [-0.39, 0.29) is 11.5 Å². The van der Waals surface area contributed by atoms with Gasteiger partial charge in [-0.15, -0.1) is 0 Å². The Hall–Kier alpha value is -2.29. The number of carbonyl (C=O) groups is 1. The molecule has 0 aliphatic rings. The molecule has 6 nitrogen and oxygen atoms in total. The van der Waals surface area contributed by atoms with E-state index in [0.29, 0.717) is 5.75 Å². The molecule has 1 amide bonds. The number of ether oxygens (including phenoxy) is 2. The number of nitriles is 1. The second-order valence-electron chi connectivity index (χ2n) is 4.49. The Bertz CT molecular complexity index is 486. The summed E-state index contributed by atoms with van der Waals surface area (Å²) in [4.78, 5) is 15.4. The zero-order valence-electron chi connectivity index (χ0n) is 10.8. The van der Waals surface area contributed by atoms with Crippen LogP contribution in [0.25, 0.3) is 0 Å². The summed E-state index contributed by atoms with van der Waals surface area (Å²) in [6, 6.07) is 4.97. The molecule has 1 aromatic heterocycles. The highest BCUT2D eigenvalue weighted by molar-refractivity contribution is 5.83. The SMILES string of the molecule is COc1ccc(NC(=O)OC(C)(C)C)nc1C#N. The first kappa shape index (κ1) is 13.8. The van der Waals surface area contributed by atoms with E-state index in [2.05, 4.69) is 10.3 Å². The van der Waals surface area contributed by atoms with Crippen LogP contribution in [-0.4, -0.2) is 23.8 Å². The first-order valence-electron chi connectivity index (χ1n) is 5.31. The first-order valence-corrected chi connectivity index (χ1v) is 5.31. The largest absolute Gasteiger partial charge is 0.494 e. The molecule has 1 rings (SSSR count). The molecule has 1 N–H and O–H groups in total. The summed E-state index contributed by atoms with van der Waals surface area (Å²) in [6.07, 6.45) is -0.621. The van der Waals surface area contributed by atoms with Crippen molar-refractivity contribution in [1.29, 1.82) is 5.26 Å². The molecule has 1 aromatic rings. The van der Waals surface area contributed by atoms with E-state index in [4.69, 9.17) is 14.7 Å². The molecular formula is C12H15N3O3. The van der Waals surface area contributed by atoms with Crippen molar-refractivity contribution in [2.24, 2.45) is 0 Å². The van der Waals surface area contributed by atoms with Crippen LogP contribution in [0.4, 0.5) is 10.6 Å². The fourth-order valence-corrected chi connectivity index (χ4v) is 1.17. The Labute approximate surface area is 106 Å². The Morgan fingerprint density at radius 1 is 1.44 bits per heavy atom. The van der Waals surface area contributed by atoms with Gasteiger partial charge in [0.15, 0.2) is 11.4 Å². The van der Waals surface area contributed by atoms with Gasteiger partial charge in [0, 0.05) is 0 Å². The molecule has 0 unspecified atom stereocenters. The molecule has 0 bridgehead atoms. The fourth-order valence-electron chi connectivity index (χ4n) is 1.17. The molecular weight excluding hydrogens is 234 g/mol. The third kappa shape index (κ3) is 3.94. The van der Waals surface area contributed by atoms with Crippen LogP contribution < -0.4 is 10.1 Å². The Morgan fingerprint density at radius 2 is 2.11 bits per heavy atom. The van der Waals surface area contributed by atoms with Gasteiger partial charge in [0.2, 0.25) is 0 Å². The molecule has 0 radical (unpaired) electrons. The summed E-state index contributed by atoms with van der Waals surface area (Å²) in [5.41, 5.74) is -0.486. The van der Waals surface area contributed by atoms with Gasteiger partial charge in [-0.25, -0.2) is 9.78 Å². The highest BCUT2D eigenvalue weighted by atomic mass is 16.6. The van der Waals surface area contributed by atoms with E-state index in [1.165, 1.54) is 13.2 Å². The van der Waals surface area contributed by atoms with Gasteiger partial charge in [-0.05, 0) is 32.9 Å². The molecule has 0 aliphatic heterocycles. The van der Waals surface area contributed by atoms with Crippen molar-refractivity contribution >= 4 is 11.9 Å². The number of hydrogen-bond acceptors (Lipinski definition) is 5. The Balaban J connectivity index is 2.81. The van der Waals surface area contributed by atoms with E-state index < -0.39 is 11.7 Å². The summed E-state index contributed by atoms with van der Waals surface area (Å²) in [7, 11) is 1.44. The van der Waals surface area contributed by atoms with Crippen LogP contribution in [0.15, 0.2) is 12.1 Å². The van der Waals surface area contributed by atoms with Gasteiger partial charge in [0.1, 0.15) is 17.5 Å². The van der Waals surface area contributed by atoms with E-state index in [1.54, 1.807) is 26.8 Å². The van der Waals surface area contributed by atoms with Gasteiger partial charge in [-0.2, -0.15) is 5.26 Å². The van der Waals surface area contributed by atoms with Gasteiger partial charge in [-0.1, -0.05) is 0 Å². The first-order chi connectivity index (χ1) is 8.35. The average molecular weight is 249 g/mol. The normalized spacial score (nSPS) is 10.4. The molecule has 0 aliphatic carbocycles. The quantitative estimate of drug-likeness (QED) is 0.869. The maximum Gasteiger partial charge on any atom is 0.413 e. The zero-order valence-corrected chi connectivity index (χ0v) is 10.8. The van der Waals surface area contributed by atoms with Crippen LogP contribution in [0.2, 0.25) is 0 Å².